The maximum absolute atomic E-state index is 12.7. The highest BCUT2D eigenvalue weighted by atomic mass is 16.4. The van der Waals surface area contributed by atoms with Crippen molar-refractivity contribution >= 4 is 22.8 Å². The molecule has 196 valence electrons. The molecule has 0 fully saturated rings. The number of allylic oxidation sites excluding steroid dienone is 12. The minimum Gasteiger partial charge on any atom is -0.508 e. The molecule has 5 nitrogen and oxygen atoms in total. The van der Waals surface area contributed by atoms with Crippen LogP contribution in [0.25, 0.3) is 10.9 Å². The molecule has 0 radical (unpaired) electrons. The van der Waals surface area contributed by atoms with E-state index in [4.69, 9.17) is 5.11 Å². The van der Waals surface area contributed by atoms with Gasteiger partial charge in [-0.05, 0) is 68.7 Å². The molecule has 37 heavy (non-hydrogen) atoms. The number of fused-ring (bicyclic) bond motifs is 1. The molecule has 1 heterocycles. The Labute approximate surface area is 220 Å². The minimum atomic E-state index is -0.979. The van der Waals surface area contributed by atoms with Gasteiger partial charge in [-0.1, -0.05) is 79.8 Å². The maximum atomic E-state index is 12.7. The van der Waals surface area contributed by atoms with Crippen molar-refractivity contribution in [1.82, 2.24) is 4.57 Å². The van der Waals surface area contributed by atoms with Crippen LogP contribution < -0.4 is 0 Å². The van der Waals surface area contributed by atoms with E-state index < -0.39 is 5.97 Å². The SMILES string of the molecule is CCC=CCC=CCC=CCC=CCC=CCC=CCCC(=O)n1cc(CC(=O)O)c2cc(O)ccc21. The highest BCUT2D eigenvalue weighted by Gasteiger charge is 2.15. The summed E-state index contributed by atoms with van der Waals surface area (Å²) in [5.74, 6) is -1.04. The van der Waals surface area contributed by atoms with Crippen LogP contribution in [0.3, 0.4) is 0 Å². The van der Waals surface area contributed by atoms with Crippen molar-refractivity contribution in [3.8, 4) is 5.75 Å². The third-order valence-electron chi connectivity index (χ3n) is 5.60. The quantitative estimate of drug-likeness (QED) is 0.228. The van der Waals surface area contributed by atoms with Crippen molar-refractivity contribution in [1.29, 1.82) is 0 Å². The van der Waals surface area contributed by atoms with Gasteiger partial charge in [0.1, 0.15) is 5.75 Å². The van der Waals surface area contributed by atoms with E-state index in [0.717, 1.165) is 38.5 Å². The van der Waals surface area contributed by atoms with Crippen LogP contribution in [0.2, 0.25) is 0 Å². The van der Waals surface area contributed by atoms with Gasteiger partial charge < -0.3 is 10.2 Å². The van der Waals surface area contributed by atoms with E-state index in [2.05, 4.69) is 67.7 Å². The predicted octanol–water partition coefficient (Wildman–Crippen LogP) is 8.09. The lowest BCUT2D eigenvalue weighted by molar-refractivity contribution is -0.136. The summed E-state index contributed by atoms with van der Waals surface area (Å²) in [7, 11) is 0. The molecule has 0 saturated carbocycles. The van der Waals surface area contributed by atoms with Crippen LogP contribution in [0, 0.1) is 0 Å². The maximum Gasteiger partial charge on any atom is 0.307 e. The highest BCUT2D eigenvalue weighted by molar-refractivity contribution is 5.96. The number of hydrogen-bond donors (Lipinski definition) is 2. The second-order valence-electron chi connectivity index (χ2n) is 8.64. The van der Waals surface area contributed by atoms with Gasteiger partial charge in [0.15, 0.2) is 0 Å². The van der Waals surface area contributed by atoms with E-state index in [1.807, 2.05) is 12.2 Å². The van der Waals surface area contributed by atoms with Crippen molar-refractivity contribution in [3.05, 3.63) is 103 Å². The molecule has 2 aromatic rings. The Morgan fingerprint density at radius 3 is 1.81 bits per heavy atom. The number of hydrogen-bond acceptors (Lipinski definition) is 3. The molecule has 0 aliphatic carbocycles. The Balaban J connectivity index is 1.65. The van der Waals surface area contributed by atoms with Gasteiger partial charge in [0.05, 0.1) is 11.9 Å². The van der Waals surface area contributed by atoms with E-state index in [1.54, 1.807) is 12.3 Å². The monoisotopic (exact) mass is 501 g/mol. The van der Waals surface area contributed by atoms with Crippen molar-refractivity contribution in [3.63, 3.8) is 0 Å². The van der Waals surface area contributed by atoms with E-state index in [9.17, 15) is 14.7 Å². The fourth-order valence-corrected chi connectivity index (χ4v) is 3.76. The Kier molecular flexibility index (Phi) is 13.9. The second kappa shape index (κ2) is 17.6. The van der Waals surface area contributed by atoms with Crippen LogP contribution >= 0.6 is 0 Å². The first kappa shape index (κ1) is 29.4. The van der Waals surface area contributed by atoms with Gasteiger partial charge in [-0.2, -0.15) is 0 Å². The van der Waals surface area contributed by atoms with Crippen LogP contribution in [0.15, 0.2) is 97.3 Å². The van der Waals surface area contributed by atoms with E-state index in [1.165, 1.54) is 16.7 Å². The van der Waals surface area contributed by atoms with Gasteiger partial charge in [0, 0.05) is 18.0 Å². The molecule has 0 unspecified atom stereocenters. The number of nitrogens with zero attached hydrogens (tertiary/aromatic N) is 1. The van der Waals surface area contributed by atoms with E-state index in [-0.39, 0.29) is 18.1 Å². The molecule has 1 aromatic heterocycles. The lowest BCUT2D eigenvalue weighted by Gasteiger charge is -2.02. The molecule has 2 N–H and O–H groups in total. The summed E-state index contributed by atoms with van der Waals surface area (Å²) in [5, 5.41) is 19.5. The summed E-state index contributed by atoms with van der Waals surface area (Å²) in [6.07, 6.45) is 33.8. The topological polar surface area (TPSA) is 79.5 Å². The molecule has 0 aliphatic heterocycles. The molecule has 1 aromatic carbocycles. The molecule has 5 heteroatoms. The summed E-state index contributed by atoms with van der Waals surface area (Å²) >= 11 is 0. The lowest BCUT2D eigenvalue weighted by Crippen LogP contribution is -2.08. The average Bonchev–Trinajstić information content (AvgIpc) is 3.22. The van der Waals surface area contributed by atoms with Crippen molar-refractivity contribution < 1.29 is 19.8 Å². The minimum absolute atomic E-state index is 0.0438. The first-order valence-corrected chi connectivity index (χ1v) is 13.0. The number of carbonyl (C=O) groups is 2. The molecule has 0 bridgehead atoms. The largest absolute Gasteiger partial charge is 0.508 e. The summed E-state index contributed by atoms with van der Waals surface area (Å²) in [6.45, 7) is 2.14. The normalized spacial score (nSPS) is 12.7. The fraction of sp³-hybridized carbons (Fsp3) is 0.312. The van der Waals surface area contributed by atoms with Crippen LogP contribution in [-0.2, 0) is 11.2 Å². The number of aromatic nitrogens is 1. The molecule has 0 amide bonds. The average molecular weight is 502 g/mol. The first-order valence-electron chi connectivity index (χ1n) is 13.0. The molecule has 0 saturated heterocycles. The zero-order valence-electron chi connectivity index (χ0n) is 21.8. The number of carboxylic acids is 1. The summed E-state index contributed by atoms with van der Waals surface area (Å²) in [4.78, 5) is 23.9. The summed E-state index contributed by atoms with van der Waals surface area (Å²) in [6, 6.07) is 4.65. The molecule has 0 spiro atoms. The van der Waals surface area contributed by atoms with Gasteiger partial charge in [-0.25, -0.2) is 0 Å². The summed E-state index contributed by atoms with van der Waals surface area (Å²) < 4.78 is 1.49. The van der Waals surface area contributed by atoms with Gasteiger partial charge in [-0.15, -0.1) is 0 Å². The molecule has 0 atom stereocenters. The number of benzene rings is 1. The molecular formula is C32H39NO4. The van der Waals surface area contributed by atoms with Gasteiger partial charge in [0.25, 0.3) is 0 Å². The van der Waals surface area contributed by atoms with Crippen LogP contribution in [0.5, 0.6) is 5.75 Å². The summed E-state index contributed by atoms with van der Waals surface area (Å²) in [5.41, 5.74) is 1.13. The lowest BCUT2D eigenvalue weighted by atomic mass is 10.1. The Hall–Kier alpha value is -3.86. The molecule has 0 aliphatic rings. The first-order chi connectivity index (χ1) is 18.0. The van der Waals surface area contributed by atoms with Crippen molar-refractivity contribution in [2.24, 2.45) is 0 Å². The van der Waals surface area contributed by atoms with E-state index >= 15 is 0 Å². The van der Waals surface area contributed by atoms with Gasteiger partial charge >= 0.3 is 5.97 Å². The zero-order valence-corrected chi connectivity index (χ0v) is 21.8. The Morgan fingerprint density at radius 1 is 0.784 bits per heavy atom. The third-order valence-corrected chi connectivity index (χ3v) is 5.60. The third kappa shape index (κ3) is 11.6. The Bertz CT molecular complexity index is 1170. The number of aromatic hydroxyl groups is 1. The standard InChI is InChI=1S/C32H39NO4/c1-2-3-4-5-6-7-8-9-10-11-12-13-14-15-16-17-18-19-20-21-31(35)33-26-27(24-32(36)37)29-25-28(34)22-23-30(29)33/h3-4,6-7,9-10,12-13,15-16,18-19,22-23,25-26,34H,2,5,8,11,14,17,20-21,24H2,1H3,(H,36,37). The zero-order chi connectivity index (χ0) is 26.7. The van der Waals surface area contributed by atoms with Crippen molar-refractivity contribution in [2.45, 2.75) is 64.7 Å². The number of phenols is 1. The van der Waals surface area contributed by atoms with Crippen LogP contribution in [0.1, 0.15) is 68.6 Å². The number of phenolic OH excluding ortho intramolecular Hbond substituents is 1. The van der Waals surface area contributed by atoms with Gasteiger partial charge in [-0.3, -0.25) is 14.2 Å². The second-order valence-corrected chi connectivity index (χ2v) is 8.64. The fourth-order valence-electron chi connectivity index (χ4n) is 3.76. The number of rotatable bonds is 16. The highest BCUT2D eigenvalue weighted by Crippen LogP contribution is 2.26. The van der Waals surface area contributed by atoms with E-state index in [0.29, 0.717) is 29.3 Å². The molecular weight excluding hydrogens is 462 g/mol. The number of aliphatic carboxylic acids is 1. The molecule has 2 rings (SSSR count). The van der Waals surface area contributed by atoms with Gasteiger partial charge in [0.2, 0.25) is 5.91 Å². The van der Waals surface area contributed by atoms with Crippen molar-refractivity contribution in [2.75, 3.05) is 0 Å². The smallest absolute Gasteiger partial charge is 0.307 e. The number of carboxylic acid groups (broad SMARTS) is 1. The number of carbonyl (C=O) groups excluding carboxylic acids is 1. The predicted molar refractivity (Wildman–Crippen MR) is 153 cm³/mol. The van der Waals surface area contributed by atoms with Crippen LogP contribution in [-0.4, -0.2) is 26.7 Å². The van der Waals surface area contributed by atoms with Crippen LogP contribution in [0.4, 0.5) is 0 Å². The Morgan fingerprint density at radius 2 is 1.30 bits per heavy atom.